The van der Waals surface area contributed by atoms with Gasteiger partial charge in [0.25, 0.3) is 0 Å². The molecule has 1 amide bonds. The fraction of sp³-hybridized carbons (Fsp3) is 0.364. The Morgan fingerprint density at radius 3 is 2.93 bits per heavy atom. The van der Waals surface area contributed by atoms with E-state index in [2.05, 4.69) is 0 Å². The van der Waals surface area contributed by atoms with E-state index in [9.17, 15) is 4.79 Å². The molecule has 0 fully saturated rings. The van der Waals surface area contributed by atoms with Gasteiger partial charge < -0.3 is 10.6 Å². The second kappa shape index (κ2) is 3.42. The summed E-state index contributed by atoms with van der Waals surface area (Å²) in [7, 11) is 1.80. The van der Waals surface area contributed by atoms with E-state index in [0.29, 0.717) is 0 Å². The molecule has 14 heavy (non-hydrogen) atoms. The molecule has 1 unspecified atom stereocenters. The van der Waals surface area contributed by atoms with Crippen LogP contribution in [0, 0.1) is 0 Å². The Balaban J connectivity index is 2.45. The Morgan fingerprint density at radius 1 is 1.43 bits per heavy atom. The summed E-state index contributed by atoms with van der Waals surface area (Å²) in [5, 5.41) is 0. The number of hydrogen-bond acceptors (Lipinski definition) is 2. The third kappa shape index (κ3) is 1.40. The second-order valence-electron chi connectivity index (χ2n) is 3.69. The van der Waals surface area contributed by atoms with E-state index in [-0.39, 0.29) is 5.91 Å². The average Bonchev–Trinajstić information content (AvgIpc) is 2.32. The molecule has 2 N–H and O–H groups in total. The zero-order valence-corrected chi connectivity index (χ0v) is 8.23. The van der Waals surface area contributed by atoms with Crippen LogP contribution in [0.3, 0.4) is 0 Å². The minimum absolute atomic E-state index is 0.00921. The van der Waals surface area contributed by atoms with E-state index in [1.807, 2.05) is 24.3 Å². The van der Waals surface area contributed by atoms with E-state index in [0.717, 1.165) is 18.5 Å². The Labute approximate surface area is 83.5 Å². The molecule has 0 saturated carbocycles. The van der Waals surface area contributed by atoms with Gasteiger partial charge in [-0.3, -0.25) is 4.79 Å². The van der Waals surface area contributed by atoms with E-state index in [1.54, 1.807) is 11.9 Å². The van der Waals surface area contributed by atoms with Gasteiger partial charge in [-0.25, -0.2) is 0 Å². The van der Waals surface area contributed by atoms with Crippen LogP contribution in [0.25, 0.3) is 0 Å². The number of nitrogens with two attached hydrogens (primary N) is 1. The minimum Gasteiger partial charge on any atom is -0.344 e. The van der Waals surface area contributed by atoms with Crippen LogP contribution in [0.4, 0.5) is 0 Å². The van der Waals surface area contributed by atoms with Gasteiger partial charge in [0.05, 0.1) is 0 Å². The van der Waals surface area contributed by atoms with Crippen LogP contribution in [0.5, 0.6) is 0 Å². The number of fused-ring (bicyclic) bond motifs is 1. The van der Waals surface area contributed by atoms with Gasteiger partial charge in [0.15, 0.2) is 0 Å². The first kappa shape index (κ1) is 9.21. The van der Waals surface area contributed by atoms with Gasteiger partial charge in [-0.1, -0.05) is 24.3 Å². The van der Waals surface area contributed by atoms with E-state index >= 15 is 0 Å². The molecule has 0 aromatic heterocycles. The van der Waals surface area contributed by atoms with E-state index in [1.165, 1.54) is 5.56 Å². The Hall–Kier alpha value is -1.35. The number of amides is 1. The number of hydrogen-bond donors (Lipinski definition) is 1. The van der Waals surface area contributed by atoms with Crippen molar-refractivity contribution in [3.05, 3.63) is 35.4 Å². The predicted molar refractivity (Wildman–Crippen MR) is 54.7 cm³/mol. The maximum absolute atomic E-state index is 11.7. The van der Waals surface area contributed by atoms with Crippen molar-refractivity contribution in [3.8, 4) is 0 Å². The molecule has 0 aliphatic carbocycles. The lowest BCUT2D eigenvalue weighted by atomic mass is 10.00. The summed E-state index contributed by atoms with van der Waals surface area (Å²) in [6, 6.07) is 7.41. The van der Waals surface area contributed by atoms with E-state index < -0.39 is 6.04 Å². The summed E-state index contributed by atoms with van der Waals surface area (Å²) in [4.78, 5) is 13.4. The summed E-state index contributed by atoms with van der Waals surface area (Å²) in [5.41, 5.74) is 8.06. The van der Waals surface area contributed by atoms with Gasteiger partial charge in [0.2, 0.25) is 5.91 Å². The molecule has 3 heteroatoms. The molecule has 0 bridgehead atoms. The normalized spacial score (nSPS) is 21.7. The van der Waals surface area contributed by atoms with Crippen LogP contribution in [0.2, 0.25) is 0 Å². The number of carbonyl (C=O) groups is 1. The largest absolute Gasteiger partial charge is 0.344 e. The lowest BCUT2D eigenvalue weighted by molar-refractivity contribution is -0.131. The quantitative estimate of drug-likeness (QED) is 0.654. The molecule has 1 aromatic rings. The molecule has 2 rings (SSSR count). The lowest BCUT2D eigenvalue weighted by Gasteiger charge is -2.16. The molecule has 1 aromatic carbocycles. The molecule has 1 heterocycles. The summed E-state index contributed by atoms with van der Waals surface area (Å²) < 4.78 is 0. The van der Waals surface area contributed by atoms with Crippen LogP contribution in [0.1, 0.15) is 17.2 Å². The third-order valence-corrected chi connectivity index (χ3v) is 2.75. The molecule has 0 saturated heterocycles. The van der Waals surface area contributed by atoms with Crippen molar-refractivity contribution in [2.75, 3.05) is 13.6 Å². The van der Waals surface area contributed by atoms with Crippen LogP contribution in [-0.2, 0) is 11.2 Å². The third-order valence-electron chi connectivity index (χ3n) is 2.75. The molecule has 3 nitrogen and oxygen atoms in total. The highest BCUT2D eigenvalue weighted by Crippen LogP contribution is 2.21. The highest BCUT2D eigenvalue weighted by atomic mass is 16.2. The molecule has 0 radical (unpaired) electrons. The van der Waals surface area contributed by atoms with Gasteiger partial charge in [-0.15, -0.1) is 0 Å². The van der Waals surface area contributed by atoms with Gasteiger partial charge >= 0.3 is 0 Å². The summed E-state index contributed by atoms with van der Waals surface area (Å²) in [6.45, 7) is 0.754. The summed E-state index contributed by atoms with van der Waals surface area (Å²) >= 11 is 0. The maximum atomic E-state index is 11.7. The van der Waals surface area contributed by atoms with Gasteiger partial charge in [-0.2, -0.15) is 0 Å². The standard InChI is InChI=1S/C11H14N2O/c1-13-7-6-8-4-2-3-5-9(8)10(12)11(13)14/h2-5,10H,6-7,12H2,1H3. The number of benzene rings is 1. The van der Waals surface area contributed by atoms with Gasteiger partial charge in [0.1, 0.15) is 6.04 Å². The minimum atomic E-state index is -0.487. The Bertz CT molecular complexity index is 362. The molecule has 1 aliphatic rings. The van der Waals surface area contributed by atoms with Crippen molar-refractivity contribution < 1.29 is 4.79 Å². The highest BCUT2D eigenvalue weighted by molar-refractivity contribution is 5.83. The Morgan fingerprint density at radius 2 is 2.14 bits per heavy atom. The predicted octanol–water partition coefficient (Wildman–Crippen LogP) is 0.701. The number of rotatable bonds is 0. The zero-order valence-electron chi connectivity index (χ0n) is 8.23. The summed E-state index contributed by atoms with van der Waals surface area (Å²) in [5.74, 6) is 0.00921. The van der Waals surface area contributed by atoms with E-state index in [4.69, 9.17) is 5.73 Å². The molecule has 1 aliphatic heterocycles. The first-order valence-electron chi connectivity index (χ1n) is 4.78. The maximum Gasteiger partial charge on any atom is 0.243 e. The number of nitrogens with zero attached hydrogens (tertiary/aromatic N) is 1. The van der Waals surface area contributed by atoms with Crippen LogP contribution < -0.4 is 5.73 Å². The second-order valence-corrected chi connectivity index (χ2v) is 3.69. The zero-order chi connectivity index (χ0) is 10.1. The van der Waals surface area contributed by atoms with Crippen molar-refractivity contribution in [1.82, 2.24) is 4.90 Å². The fourth-order valence-electron chi connectivity index (χ4n) is 1.83. The van der Waals surface area contributed by atoms with Crippen molar-refractivity contribution in [2.45, 2.75) is 12.5 Å². The molecule has 1 atom stereocenters. The molecular weight excluding hydrogens is 176 g/mol. The number of carbonyl (C=O) groups excluding carboxylic acids is 1. The summed E-state index contributed by atoms with van der Waals surface area (Å²) in [6.07, 6.45) is 0.895. The lowest BCUT2D eigenvalue weighted by Crippen LogP contribution is -2.34. The van der Waals surface area contributed by atoms with Crippen LogP contribution >= 0.6 is 0 Å². The molecule has 0 spiro atoms. The van der Waals surface area contributed by atoms with Gasteiger partial charge in [0, 0.05) is 13.6 Å². The topological polar surface area (TPSA) is 46.3 Å². The number of likely N-dealkylation sites (N-methyl/N-ethyl adjacent to an activating group) is 1. The monoisotopic (exact) mass is 190 g/mol. The van der Waals surface area contributed by atoms with Crippen molar-refractivity contribution in [2.24, 2.45) is 5.73 Å². The van der Waals surface area contributed by atoms with Crippen LogP contribution in [-0.4, -0.2) is 24.4 Å². The smallest absolute Gasteiger partial charge is 0.243 e. The van der Waals surface area contributed by atoms with Crippen molar-refractivity contribution >= 4 is 5.91 Å². The molecule has 74 valence electrons. The van der Waals surface area contributed by atoms with Crippen molar-refractivity contribution in [1.29, 1.82) is 0 Å². The average molecular weight is 190 g/mol. The molecular formula is C11H14N2O. The van der Waals surface area contributed by atoms with Crippen LogP contribution in [0.15, 0.2) is 24.3 Å². The SMILES string of the molecule is CN1CCc2ccccc2C(N)C1=O. The Kier molecular flexibility index (Phi) is 2.25. The first-order chi connectivity index (χ1) is 6.70. The van der Waals surface area contributed by atoms with Crippen molar-refractivity contribution in [3.63, 3.8) is 0 Å². The highest BCUT2D eigenvalue weighted by Gasteiger charge is 2.24. The first-order valence-corrected chi connectivity index (χ1v) is 4.78. The van der Waals surface area contributed by atoms with Gasteiger partial charge in [-0.05, 0) is 17.5 Å². The fourth-order valence-corrected chi connectivity index (χ4v) is 1.83.